The fourth-order valence-electron chi connectivity index (χ4n) is 5.54. The molecule has 0 spiro atoms. The standard InChI is InChI=1S/C32H30F3N7O2.2C2H6/c1-18-6-7-19(30(43)38-22-10-8-20(33)9-11-22)16-23(18)27-24-17-37-32(44)42(28-25(34)4-3-5-26(28)35)29(24)40-31(39-27)41-14-12-21(36-2)13-15-41;2*1-2/h3-11,16,21,36H,12-15,17H2,1-2H3,(H,37,44)(H,38,43);2*1-2H3. The zero-order valence-electron chi connectivity index (χ0n) is 28.1. The molecule has 3 amide bonds. The van der Waals surface area contributed by atoms with Crippen molar-refractivity contribution in [1.82, 2.24) is 20.6 Å². The lowest BCUT2D eigenvalue weighted by Gasteiger charge is -2.35. The van der Waals surface area contributed by atoms with Gasteiger partial charge in [0.15, 0.2) is 5.82 Å². The number of nitrogens with zero attached hydrogens (tertiary/aromatic N) is 4. The van der Waals surface area contributed by atoms with Gasteiger partial charge in [-0.25, -0.2) is 27.8 Å². The van der Waals surface area contributed by atoms with Crippen LogP contribution in [0, 0.1) is 24.4 Å². The summed E-state index contributed by atoms with van der Waals surface area (Å²) >= 11 is 0. The Morgan fingerprint density at radius 3 is 2.19 bits per heavy atom. The number of amides is 3. The first kappa shape index (κ1) is 35.9. The van der Waals surface area contributed by atoms with Gasteiger partial charge in [-0.2, -0.15) is 4.98 Å². The van der Waals surface area contributed by atoms with E-state index in [9.17, 15) is 14.0 Å². The predicted octanol–water partition coefficient (Wildman–Crippen LogP) is 7.72. The van der Waals surface area contributed by atoms with Crippen LogP contribution in [0.3, 0.4) is 0 Å². The summed E-state index contributed by atoms with van der Waals surface area (Å²) in [6, 6.07) is 13.5. The third-order valence-electron chi connectivity index (χ3n) is 8.01. The largest absolute Gasteiger partial charge is 0.341 e. The molecule has 4 aromatic rings. The number of urea groups is 1. The predicted molar refractivity (Wildman–Crippen MR) is 184 cm³/mol. The van der Waals surface area contributed by atoms with Crippen LogP contribution < -0.4 is 25.8 Å². The number of rotatable bonds is 6. The number of carbonyl (C=O) groups is 2. The number of benzene rings is 3. The Hall–Kier alpha value is -4.97. The summed E-state index contributed by atoms with van der Waals surface area (Å²) in [5.41, 5.74) is 2.44. The third-order valence-corrected chi connectivity index (χ3v) is 8.01. The molecular formula is C36H42F3N7O2. The van der Waals surface area contributed by atoms with Crippen molar-refractivity contribution in [3.8, 4) is 11.3 Å². The van der Waals surface area contributed by atoms with Crippen molar-refractivity contribution in [3.05, 3.63) is 94.8 Å². The van der Waals surface area contributed by atoms with Crippen molar-refractivity contribution in [2.45, 2.75) is 60.0 Å². The molecule has 2 aliphatic rings. The summed E-state index contributed by atoms with van der Waals surface area (Å²) in [6.07, 6.45) is 1.66. The molecule has 0 unspecified atom stereocenters. The van der Waals surface area contributed by atoms with Gasteiger partial charge in [-0.3, -0.25) is 4.79 Å². The zero-order chi connectivity index (χ0) is 35.0. The number of piperidine rings is 1. The average Bonchev–Trinajstić information content (AvgIpc) is 3.11. The van der Waals surface area contributed by atoms with Crippen LogP contribution in [0.15, 0.2) is 60.7 Å². The number of carbonyl (C=O) groups excluding carboxylic acids is 2. The summed E-state index contributed by atoms with van der Waals surface area (Å²) in [5.74, 6) is -2.30. The number of anilines is 4. The highest BCUT2D eigenvalue weighted by Gasteiger charge is 2.35. The van der Waals surface area contributed by atoms with E-state index in [2.05, 4.69) is 16.0 Å². The Bertz CT molecular complexity index is 1720. The molecule has 1 saturated heterocycles. The molecule has 3 N–H and O–H groups in total. The van der Waals surface area contributed by atoms with Crippen LogP contribution in [0.2, 0.25) is 0 Å². The van der Waals surface area contributed by atoms with E-state index in [0.29, 0.717) is 53.2 Å². The van der Waals surface area contributed by atoms with Crippen molar-refractivity contribution in [2.75, 3.05) is 35.3 Å². The third kappa shape index (κ3) is 7.60. The minimum atomic E-state index is -0.916. The lowest BCUT2D eigenvalue weighted by atomic mass is 9.97. The van der Waals surface area contributed by atoms with Gasteiger partial charge in [0.2, 0.25) is 5.95 Å². The van der Waals surface area contributed by atoms with Crippen LogP contribution in [0.5, 0.6) is 0 Å². The molecule has 1 aromatic heterocycles. The molecule has 3 aromatic carbocycles. The fraction of sp³-hybridized carbons (Fsp3) is 0.333. The number of aryl methyl sites for hydroxylation is 1. The van der Waals surface area contributed by atoms with Crippen molar-refractivity contribution < 1.29 is 22.8 Å². The van der Waals surface area contributed by atoms with Gasteiger partial charge in [-0.15, -0.1) is 0 Å². The summed E-state index contributed by atoms with van der Waals surface area (Å²) < 4.78 is 43.5. The quantitative estimate of drug-likeness (QED) is 0.196. The first-order valence-electron chi connectivity index (χ1n) is 16.3. The smallest absolute Gasteiger partial charge is 0.328 e. The maximum Gasteiger partial charge on any atom is 0.328 e. The second-order valence-electron chi connectivity index (χ2n) is 10.8. The molecule has 48 heavy (non-hydrogen) atoms. The van der Waals surface area contributed by atoms with Gasteiger partial charge in [0, 0.05) is 41.5 Å². The molecule has 9 nitrogen and oxygen atoms in total. The van der Waals surface area contributed by atoms with Crippen molar-refractivity contribution in [2.24, 2.45) is 0 Å². The van der Waals surface area contributed by atoms with Crippen LogP contribution in [0.1, 0.15) is 62.0 Å². The monoisotopic (exact) mass is 661 g/mol. The molecule has 6 rings (SSSR count). The second kappa shape index (κ2) is 16.2. The van der Waals surface area contributed by atoms with Crippen LogP contribution in [-0.2, 0) is 6.54 Å². The van der Waals surface area contributed by atoms with Gasteiger partial charge in [-0.05, 0) is 80.9 Å². The number of para-hydroxylation sites is 1. The van der Waals surface area contributed by atoms with E-state index in [0.717, 1.165) is 35.4 Å². The van der Waals surface area contributed by atoms with Crippen LogP contribution >= 0.6 is 0 Å². The van der Waals surface area contributed by atoms with Crippen molar-refractivity contribution in [3.63, 3.8) is 0 Å². The van der Waals surface area contributed by atoms with E-state index in [1.807, 2.05) is 46.6 Å². The minimum absolute atomic E-state index is 0.00360. The van der Waals surface area contributed by atoms with E-state index < -0.39 is 35.1 Å². The summed E-state index contributed by atoms with van der Waals surface area (Å²) in [5, 5.41) is 8.75. The van der Waals surface area contributed by atoms with Crippen LogP contribution in [0.25, 0.3) is 11.3 Å². The first-order chi connectivity index (χ1) is 23.2. The minimum Gasteiger partial charge on any atom is -0.341 e. The maximum atomic E-state index is 15.1. The summed E-state index contributed by atoms with van der Waals surface area (Å²) in [6.45, 7) is 11.1. The zero-order valence-corrected chi connectivity index (χ0v) is 28.1. The topological polar surface area (TPSA) is 102 Å². The highest BCUT2D eigenvalue weighted by Crippen LogP contribution is 2.40. The molecule has 0 bridgehead atoms. The number of fused-ring (bicyclic) bond motifs is 1. The van der Waals surface area contributed by atoms with E-state index in [1.54, 1.807) is 18.2 Å². The Morgan fingerprint density at radius 2 is 1.56 bits per heavy atom. The van der Waals surface area contributed by atoms with Crippen LogP contribution in [0.4, 0.5) is 41.1 Å². The Kier molecular flexibility index (Phi) is 12.1. The maximum absolute atomic E-state index is 15.1. The van der Waals surface area contributed by atoms with Gasteiger partial charge in [0.25, 0.3) is 5.91 Å². The Labute approximate surface area is 279 Å². The van der Waals surface area contributed by atoms with E-state index >= 15 is 8.78 Å². The SMILES string of the molecule is CC.CC.CNC1CCN(c2nc(-c3cc(C(=O)Nc4ccc(F)cc4)ccc3C)c3c(n2)N(c2c(F)cccc2F)C(=O)NC3)CC1. The molecule has 0 aliphatic carbocycles. The molecule has 3 heterocycles. The lowest BCUT2D eigenvalue weighted by molar-refractivity contribution is 0.102. The first-order valence-corrected chi connectivity index (χ1v) is 16.3. The highest BCUT2D eigenvalue weighted by molar-refractivity contribution is 6.05. The lowest BCUT2D eigenvalue weighted by Crippen LogP contribution is -2.44. The van der Waals surface area contributed by atoms with Crippen LogP contribution in [-0.4, -0.2) is 48.1 Å². The molecule has 12 heteroatoms. The van der Waals surface area contributed by atoms with Crippen molar-refractivity contribution in [1.29, 1.82) is 0 Å². The van der Waals surface area contributed by atoms with Gasteiger partial charge in [0.1, 0.15) is 23.1 Å². The highest BCUT2D eigenvalue weighted by atomic mass is 19.1. The molecule has 0 atom stereocenters. The summed E-state index contributed by atoms with van der Waals surface area (Å²) in [4.78, 5) is 39.0. The Morgan fingerprint density at radius 1 is 0.917 bits per heavy atom. The van der Waals surface area contributed by atoms with E-state index in [1.165, 1.54) is 30.3 Å². The number of halogens is 3. The number of aromatic nitrogens is 2. The van der Waals surface area contributed by atoms with Gasteiger partial charge in [-0.1, -0.05) is 39.8 Å². The molecule has 254 valence electrons. The number of hydrogen-bond donors (Lipinski definition) is 3. The van der Waals surface area contributed by atoms with E-state index in [4.69, 9.17) is 9.97 Å². The molecule has 1 fully saturated rings. The molecular weight excluding hydrogens is 619 g/mol. The van der Waals surface area contributed by atoms with Gasteiger partial charge >= 0.3 is 6.03 Å². The summed E-state index contributed by atoms with van der Waals surface area (Å²) in [7, 11) is 1.91. The molecule has 0 saturated carbocycles. The Balaban J connectivity index is 0.00000125. The molecule has 2 aliphatic heterocycles. The average molecular weight is 662 g/mol. The van der Waals surface area contributed by atoms with Crippen molar-refractivity contribution >= 4 is 35.1 Å². The van der Waals surface area contributed by atoms with Gasteiger partial charge < -0.3 is 20.9 Å². The molecule has 0 radical (unpaired) electrons. The normalized spacial score (nSPS) is 14.1. The fourth-order valence-corrected chi connectivity index (χ4v) is 5.54. The number of nitrogens with one attached hydrogen (secondary N) is 3. The second-order valence-corrected chi connectivity index (χ2v) is 10.8. The number of hydrogen-bond acceptors (Lipinski definition) is 6. The van der Waals surface area contributed by atoms with E-state index in [-0.39, 0.29) is 12.4 Å². The van der Waals surface area contributed by atoms with Gasteiger partial charge in [0.05, 0.1) is 12.2 Å².